The predicted octanol–water partition coefficient (Wildman–Crippen LogP) is 3.21. The third-order valence-electron chi connectivity index (χ3n) is 6.09. The minimum Gasteiger partial charge on any atom is -0.497 e. The van der Waals surface area contributed by atoms with Crippen molar-refractivity contribution in [3.63, 3.8) is 0 Å². The first-order chi connectivity index (χ1) is 15.9. The monoisotopic (exact) mass is 455 g/mol. The smallest absolute Gasteiger partial charge is 0.325 e. The summed E-state index contributed by atoms with van der Waals surface area (Å²) in [7, 11) is 1.55. The van der Waals surface area contributed by atoms with Crippen molar-refractivity contribution in [1.82, 2.24) is 9.47 Å². The van der Waals surface area contributed by atoms with Gasteiger partial charge in [-0.15, -0.1) is 0 Å². The van der Waals surface area contributed by atoms with Crippen molar-refractivity contribution in [2.75, 3.05) is 38.2 Å². The van der Waals surface area contributed by atoms with E-state index in [-0.39, 0.29) is 18.8 Å². The second-order valence-corrected chi connectivity index (χ2v) is 8.04. The fourth-order valence-corrected chi connectivity index (χ4v) is 4.43. The minimum absolute atomic E-state index is 0.0661. The third-order valence-corrected chi connectivity index (χ3v) is 6.09. The number of ether oxygens (including phenoxy) is 1. The van der Waals surface area contributed by atoms with E-state index in [1.54, 1.807) is 42.1 Å². The zero-order chi connectivity index (χ0) is 23.5. The Morgan fingerprint density at radius 1 is 1.06 bits per heavy atom. The van der Waals surface area contributed by atoms with Crippen LogP contribution in [0.4, 0.5) is 10.1 Å². The highest BCUT2D eigenvalue weighted by Crippen LogP contribution is 2.34. The van der Waals surface area contributed by atoms with Crippen molar-refractivity contribution in [2.45, 2.75) is 19.0 Å². The van der Waals surface area contributed by atoms with Crippen LogP contribution in [-0.2, 0) is 16.1 Å². The topological polar surface area (TPSA) is 95.2 Å². The number of hydrogen-bond acceptors (Lipinski definition) is 5. The van der Waals surface area contributed by atoms with Gasteiger partial charge in [0.05, 0.1) is 13.5 Å². The largest absolute Gasteiger partial charge is 0.497 e. The van der Waals surface area contributed by atoms with Crippen LogP contribution >= 0.6 is 0 Å². The Bertz CT molecular complexity index is 1150. The van der Waals surface area contributed by atoms with E-state index in [2.05, 4.69) is 4.90 Å². The van der Waals surface area contributed by atoms with Crippen LogP contribution in [0.5, 0.6) is 5.75 Å². The molecule has 0 radical (unpaired) electrons. The summed E-state index contributed by atoms with van der Waals surface area (Å²) < 4.78 is 20.4. The van der Waals surface area contributed by atoms with Gasteiger partial charge >= 0.3 is 11.9 Å². The van der Waals surface area contributed by atoms with E-state index in [0.717, 1.165) is 16.6 Å². The number of nitrogens with zero attached hydrogens (tertiary/aromatic N) is 3. The van der Waals surface area contributed by atoms with E-state index >= 15 is 0 Å². The van der Waals surface area contributed by atoms with Gasteiger partial charge in [0.15, 0.2) is 0 Å². The second-order valence-electron chi connectivity index (χ2n) is 8.04. The number of carboxylic acid groups (broad SMARTS) is 2. The number of carboxylic acids is 2. The molecule has 0 aliphatic carbocycles. The molecule has 1 saturated heterocycles. The van der Waals surface area contributed by atoms with Crippen LogP contribution in [0, 0.1) is 5.82 Å². The van der Waals surface area contributed by atoms with Crippen LogP contribution in [0.25, 0.3) is 10.9 Å². The fourth-order valence-electron chi connectivity index (χ4n) is 4.43. The lowest BCUT2D eigenvalue weighted by Gasteiger charge is -2.38. The Balaban J connectivity index is 1.63. The molecule has 1 aromatic heterocycles. The van der Waals surface area contributed by atoms with E-state index in [1.165, 1.54) is 12.1 Å². The molecule has 1 atom stereocenters. The maximum atomic E-state index is 13.2. The number of benzene rings is 2. The van der Waals surface area contributed by atoms with E-state index in [4.69, 9.17) is 9.84 Å². The average Bonchev–Trinajstić information content (AvgIpc) is 3.16. The molecule has 0 bridgehead atoms. The van der Waals surface area contributed by atoms with Crippen LogP contribution < -0.4 is 9.64 Å². The molecular formula is C24H26FN3O5. The highest BCUT2D eigenvalue weighted by molar-refractivity contribution is 5.90. The summed E-state index contributed by atoms with van der Waals surface area (Å²) in [4.78, 5) is 27.6. The summed E-state index contributed by atoms with van der Waals surface area (Å²) in [6.45, 7) is 2.48. The van der Waals surface area contributed by atoms with Gasteiger partial charge in [0, 0.05) is 61.1 Å². The van der Waals surface area contributed by atoms with Gasteiger partial charge in [0.2, 0.25) is 0 Å². The Morgan fingerprint density at radius 3 is 2.36 bits per heavy atom. The van der Waals surface area contributed by atoms with Gasteiger partial charge in [-0.25, -0.2) is 4.39 Å². The molecule has 2 N–H and O–H groups in total. The van der Waals surface area contributed by atoms with Crippen molar-refractivity contribution in [2.24, 2.45) is 0 Å². The third kappa shape index (κ3) is 4.78. The number of methoxy groups -OCH3 is 1. The number of rotatable bonds is 8. The number of aromatic nitrogens is 1. The minimum atomic E-state index is -0.967. The molecule has 8 nitrogen and oxygen atoms in total. The number of piperazine rings is 1. The van der Waals surface area contributed by atoms with Gasteiger partial charge < -0.3 is 24.4 Å². The lowest BCUT2D eigenvalue weighted by Crippen LogP contribution is -2.49. The lowest BCUT2D eigenvalue weighted by atomic mass is 10.0. The summed E-state index contributed by atoms with van der Waals surface area (Å²) in [6, 6.07) is 10.8. The molecule has 0 spiro atoms. The Labute approximate surface area is 190 Å². The first-order valence-corrected chi connectivity index (χ1v) is 10.7. The van der Waals surface area contributed by atoms with E-state index in [1.807, 2.05) is 11.0 Å². The number of aliphatic carboxylic acids is 2. The molecule has 2 heterocycles. The summed E-state index contributed by atoms with van der Waals surface area (Å²) in [5.41, 5.74) is 2.28. The fraction of sp³-hybridized carbons (Fsp3) is 0.333. The molecule has 1 unspecified atom stereocenters. The second kappa shape index (κ2) is 9.50. The molecule has 33 heavy (non-hydrogen) atoms. The van der Waals surface area contributed by atoms with Crippen LogP contribution in [0.3, 0.4) is 0 Å². The highest BCUT2D eigenvalue weighted by Gasteiger charge is 2.33. The zero-order valence-corrected chi connectivity index (χ0v) is 18.3. The number of anilines is 1. The molecule has 174 valence electrons. The molecule has 2 aromatic carbocycles. The molecule has 1 aliphatic rings. The molecule has 0 saturated carbocycles. The van der Waals surface area contributed by atoms with Crippen LogP contribution in [0.15, 0.2) is 48.7 Å². The molecule has 4 rings (SSSR count). The molecule has 3 aromatic rings. The van der Waals surface area contributed by atoms with Gasteiger partial charge in [-0.1, -0.05) is 0 Å². The zero-order valence-electron chi connectivity index (χ0n) is 18.3. The number of aryl methyl sites for hydroxylation is 1. The van der Waals surface area contributed by atoms with Gasteiger partial charge in [0.25, 0.3) is 0 Å². The first kappa shape index (κ1) is 22.6. The van der Waals surface area contributed by atoms with Crippen LogP contribution in [-0.4, -0.2) is 64.9 Å². The van der Waals surface area contributed by atoms with E-state index in [0.29, 0.717) is 37.5 Å². The van der Waals surface area contributed by atoms with Gasteiger partial charge in [-0.05, 0) is 42.5 Å². The summed E-state index contributed by atoms with van der Waals surface area (Å²) in [5, 5.41) is 20.0. The van der Waals surface area contributed by atoms with Crippen molar-refractivity contribution >= 4 is 28.5 Å². The predicted molar refractivity (Wildman–Crippen MR) is 121 cm³/mol. The highest BCUT2D eigenvalue weighted by atomic mass is 19.1. The van der Waals surface area contributed by atoms with Crippen LogP contribution in [0.1, 0.15) is 18.0 Å². The number of halogens is 1. The molecule has 1 fully saturated rings. The average molecular weight is 455 g/mol. The first-order valence-electron chi connectivity index (χ1n) is 10.7. The molecule has 1 aliphatic heterocycles. The van der Waals surface area contributed by atoms with Crippen molar-refractivity contribution < 1.29 is 28.9 Å². The molecular weight excluding hydrogens is 429 g/mol. The lowest BCUT2D eigenvalue weighted by molar-refractivity contribution is -0.143. The number of fused-ring (bicyclic) bond motifs is 1. The Hall–Kier alpha value is -3.59. The van der Waals surface area contributed by atoms with Gasteiger partial charge in [0.1, 0.15) is 17.6 Å². The SMILES string of the molecule is COc1ccc2c(c1)c(C(C(=O)O)N1CCN(c3ccc(F)cc3)CC1)cn2CCC(=O)O. The number of carbonyl (C=O) groups is 2. The maximum Gasteiger partial charge on any atom is 0.325 e. The maximum absolute atomic E-state index is 13.2. The summed E-state index contributed by atoms with van der Waals surface area (Å²) in [6.07, 6.45) is 1.68. The molecule has 0 amide bonds. The standard InChI is InChI=1S/C24H26FN3O5/c1-33-18-6-7-21-19(14-18)20(15-28(21)9-8-22(29)30)23(24(31)32)27-12-10-26(11-13-27)17-4-2-16(25)3-5-17/h2-7,14-15,23H,8-13H2,1H3,(H,29,30)(H,31,32). The number of hydrogen-bond donors (Lipinski definition) is 2. The molecule has 9 heteroatoms. The quantitative estimate of drug-likeness (QED) is 0.539. The van der Waals surface area contributed by atoms with Gasteiger partial charge in [-0.3, -0.25) is 14.5 Å². The summed E-state index contributed by atoms with van der Waals surface area (Å²) >= 11 is 0. The van der Waals surface area contributed by atoms with Crippen molar-refractivity contribution in [1.29, 1.82) is 0 Å². The Morgan fingerprint density at radius 2 is 1.76 bits per heavy atom. The Kier molecular flexibility index (Phi) is 6.50. The van der Waals surface area contributed by atoms with Crippen LogP contribution in [0.2, 0.25) is 0 Å². The summed E-state index contributed by atoms with van der Waals surface area (Å²) in [5.74, 6) is -1.58. The van der Waals surface area contributed by atoms with Crippen molar-refractivity contribution in [3.8, 4) is 5.75 Å². The van der Waals surface area contributed by atoms with Gasteiger partial charge in [-0.2, -0.15) is 0 Å². The normalized spacial score (nSPS) is 15.5. The van der Waals surface area contributed by atoms with E-state index < -0.39 is 18.0 Å². The van der Waals surface area contributed by atoms with E-state index in [9.17, 15) is 19.1 Å². The van der Waals surface area contributed by atoms with Crippen molar-refractivity contribution in [3.05, 3.63) is 60.0 Å².